The van der Waals surface area contributed by atoms with Gasteiger partial charge in [-0.25, -0.2) is 9.37 Å². The number of imidazole rings is 1. The molecule has 1 N–H and O–H groups in total. The van der Waals surface area contributed by atoms with E-state index in [2.05, 4.69) is 4.98 Å². The molecule has 1 heterocycles. The number of aromatic nitrogens is 2. The number of nitrogens with zero attached hydrogens (tertiary/aromatic N) is 3. The van der Waals surface area contributed by atoms with Gasteiger partial charge in [-0.1, -0.05) is 6.07 Å². The SMILES string of the molecule is C[C@@H](O)c1c(F)cccc1N(C)Cc1nccn1C. The fraction of sp³-hybridized carbons (Fsp3) is 0.357. The first kappa shape index (κ1) is 13.5. The van der Waals surface area contributed by atoms with Gasteiger partial charge in [-0.2, -0.15) is 0 Å². The molecule has 0 radical (unpaired) electrons. The first-order valence-electron chi connectivity index (χ1n) is 6.14. The summed E-state index contributed by atoms with van der Waals surface area (Å²) < 4.78 is 15.7. The number of halogens is 1. The molecule has 0 bridgehead atoms. The number of aliphatic hydroxyl groups is 1. The zero-order chi connectivity index (χ0) is 14.0. The lowest BCUT2D eigenvalue weighted by Gasteiger charge is -2.23. The molecule has 1 aromatic carbocycles. The molecule has 0 saturated heterocycles. The minimum Gasteiger partial charge on any atom is -0.389 e. The first-order valence-corrected chi connectivity index (χ1v) is 6.14. The lowest BCUT2D eigenvalue weighted by atomic mass is 10.1. The van der Waals surface area contributed by atoms with Crippen molar-refractivity contribution in [1.29, 1.82) is 0 Å². The molecule has 102 valence electrons. The molecule has 2 rings (SSSR count). The Bertz CT molecular complexity index is 566. The fourth-order valence-corrected chi connectivity index (χ4v) is 2.12. The summed E-state index contributed by atoms with van der Waals surface area (Å²) in [6, 6.07) is 4.81. The van der Waals surface area contributed by atoms with Gasteiger partial charge in [0.1, 0.15) is 11.6 Å². The van der Waals surface area contributed by atoms with Gasteiger partial charge in [-0.15, -0.1) is 0 Å². The Labute approximate surface area is 112 Å². The predicted molar refractivity (Wildman–Crippen MR) is 72.3 cm³/mol. The Balaban J connectivity index is 2.31. The van der Waals surface area contributed by atoms with Crippen LogP contribution in [0.2, 0.25) is 0 Å². The fourth-order valence-electron chi connectivity index (χ4n) is 2.12. The normalized spacial score (nSPS) is 12.5. The second kappa shape index (κ2) is 5.40. The minimum atomic E-state index is -0.847. The molecule has 4 nitrogen and oxygen atoms in total. The maximum absolute atomic E-state index is 13.8. The molecule has 5 heteroatoms. The zero-order valence-corrected chi connectivity index (χ0v) is 11.3. The lowest BCUT2D eigenvalue weighted by Crippen LogP contribution is -2.21. The van der Waals surface area contributed by atoms with Gasteiger partial charge in [0, 0.05) is 37.7 Å². The highest BCUT2D eigenvalue weighted by Crippen LogP contribution is 2.28. The van der Waals surface area contributed by atoms with Crippen molar-refractivity contribution in [3.05, 3.63) is 47.8 Å². The molecule has 2 aromatic rings. The molecule has 1 atom stereocenters. The molecule has 0 unspecified atom stereocenters. The van der Waals surface area contributed by atoms with E-state index in [1.54, 1.807) is 25.3 Å². The molecule has 0 aliphatic rings. The molecular formula is C14H18FN3O. The van der Waals surface area contributed by atoms with Crippen LogP contribution in [-0.2, 0) is 13.6 Å². The third kappa shape index (κ3) is 2.76. The Kier molecular flexibility index (Phi) is 3.85. The molecule has 0 aliphatic carbocycles. The highest BCUT2D eigenvalue weighted by molar-refractivity contribution is 5.54. The number of benzene rings is 1. The van der Waals surface area contributed by atoms with Crippen LogP contribution in [0, 0.1) is 5.82 Å². The number of rotatable bonds is 4. The van der Waals surface area contributed by atoms with E-state index < -0.39 is 6.10 Å². The maximum Gasteiger partial charge on any atom is 0.131 e. The highest BCUT2D eigenvalue weighted by atomic mass is 19.1. The van der Waals surface area contributed by atoms with Crippen LogP contribution in [-0.4, -0.2) is 21.7 Å². The third-order valence-electron chi connectivity index (χ3n) is 3.16. The van der Waals surface area contributed by atoms with Gasteiger partial charge in [-0.05, 0) is 19.1 Å². The average Bonchev–Trinajstić information content (AvgIpc) is 2.74. The zero-order valence-electron chi connectivity index (χ0n) is 11.3. The molecule has 19 heavy (non-hydrogen) atoms. The summed E-state index contributed by atoms with van der Waals surface area (Å²) in [7, 11) is 3.77. The quantitative estimate of drug-likeness (QED) is 0.920. The van der Waals surface area contributed by atoms with Crippen LogP contribution in [0.5, 0.6) is 0 Å². The van der Waals surface area contributed by atoms with Crippen LogP contribution in [0.1, 0.15) is 24.4 Å². The van der Waals surface area contributed by atoms with Gasteiger partial charge in [0.05, 0.1) is 12.6 Å². The van der Waals surface area contributed by atoms with E-state index in [1.165, 1.54) is 6.07 Å². The Hall–Kier alpha value is -1.88. The summed E-state index contributed by atoms with van der Waals surface area (Å²) in [5, 5.41) is 9.73. The molecule has 0 spiro atoms. The molecule has 0 saturated carbocycles. The van der Waals surface area contributed by atoms with Gasteiger partial charge >= 0.3 is 0 Å². The number of aryl methyl sites for hydroxylation is 1. The van der Waals surface area contributed by atoms with Crippen LogP contribution in [0.3, 0.4) is 0 Å². The van der Waals surface area contributed by atoms with Crippen molar-refractivity contribution in [1.82, 2.24) is 9.55 Å². The largest absolute Gasteiger partial charge is 0.389 e. The van der Waals surface area contributed by atoms with Crippen LogP contribution in [0.25, 0.3) is 0 Å². The van der Waals surface area contributed by atoms with E-state index in [4.69, 9.17) is 0 Å². The second-order valence-corrected chi connectivity index (χ2v) is 4.66. The first-order chi connectivity index (χ1) is 9.00. The maximum atomic E-state index is 13.8. The Morgan fingerprint density at radius 3 is 2.79 bits per heavy atom. The average molecular weight is 263 g/mol. The number of hydrogen-bond acceptors (Lipinski definition) is 3. The van der Waals surface area contributed by atoms with Gasteiger partial charge < -0.3 is 14.6 Å². The van der Waals surface area contributed by atoms with E-state index in [0.29, 0.717) is 17.8 Å². The highest BCUT2D eigenvalue weighted by Gasteiger charge is 2.17. The van der Waals surface area contributed by atoms with Crippen molar-refractivity contribution < 1.29 is 9.50 Å². The van der Waals surface area contributed by atoms with Crippen LogP contribution in [0.15, 0.2) is 30.6 Å². The molecule has 0 fully saturated rings. The monoisotopic (exact) mass is 263 g/mol. The standard InChI is InChI=1S/C14H18FN3O/c1-10(19)14-11(15)5-4-6-12(14)18(3)9-13-16-7-8-17(13)2/h4-8,10,19H,9H2,1-3H3/t10-/m1/s1. The van der Waals surface area contributed by atoms with Gasteiger partial charge in [-0.3, -0.25) is 0 Å². The van der Waals surface area contributed by atoms with E-state index in [9.17, 15) is 9.50 Å². The summed E-state index contributed by atoms with van der Waals surface area (Å²) in [5.41, 5.74) is 0.997. The molecule has 0 amide bonds. The Morgan fingerprint density at radius 1 is 1.47 bits per heavy atom. The van der Waals surface area contributed by atoms with E-state index >= 15 is 0 Å². The molecule has 0 aliphatic heterocycles. The van der Waals surface area contributed by atoms with E-state index in [1.807, 2.05) is 29.8 Å². The third-order valence-corrected chi connectivity index (χ3v) is 3.16. The van der Waals surface area contributed by atoms with Crippen LogP contribution < -0.4 is 4.90 Å². The summed E-state index contributed by atoms with van der Waals surface area (Å²) in [6.45, 7) is 2.11. The van der Waals surface area contributed by atoms with Crippen molar-refractivity contribution in [3.8, 4) is 0 Å². The molecule has 1 aromatic heterocycles. The number of hydrogen-bond donors (Lipinski definition) is 1. The minimum absolute atomic E-state index is 0.319. The summed E-state index contributed by atoms with van der Waals surface area (Å²) in [6.07, 6.45) is 2.74. The van der Waals surface area contributed by atoms with Crippen molar-refractivity contribution in [2.24, 2.45) is 7.05 Å². The summed E-state index contributed by atoms with van der Waals surface area (Å²) in [4.78, 5) is 6.13. The molecular weight excluding hydrogens is 245 g/mol. The van der Waals surface area contributed by atoms with Crippen molar-refractivity contribution >= 4 is 5.69 Å². The predicted octanol–water partition coefficient (Wildman–Crippen LogP) is 2.25. The topological polar surface area (TPSA) is 41.3 Å². The van der Waals surface area contributed by atoms with Gasteiger partial charge in [0.2, 0.25) is 0 Å². The summed E-state index contributed by atoms with van der Waals surface area (Å²) >= 11 is 0. The van der Waals surface area contributed by atoms with Crippen molar-refractivity contribution in [2.75, 3.05) is 11.9 Å². The Morgan fingerprint density at radius 2 is 2.21 bits per heavy atom. The van der Waals surface area contributed by atoms with E-state index in [-0.39, 0.29) is 5.82 Å². The van der Waals surface area contributed by atoms with Gasteiger partial charge in [0.25, 0.3) is 0 Å². The second-order valence-electron chi connectivity index (χ2n) is 4.66. The van der Waals surface area contributed by atoms with Crippen molar-refractivity contribution in [2.45, 2.75) is 19.6 Å². The lowest BCUT2D eigenvalue weighted by molar-refractivity contribution is 0.194. The van der Waals surface area contributed by atoms with E-state index in [0.717, 1.165) is 5.82 Å². The number of anilines is 1. The van der Waals surface area contributed by atoms with Gasteiger partial charge in [0.15, 0.2) is 0 Å². The number of aliphatic hydroxyl groups excluding tert-OH is 1. The van der Waals surface area contributed by atoms with Crippen molar-refractivity contribution in [3.63, 3.8) is 0 Å². The van der Waals surface area contributed by atoms with Crippen LogP contribution in [0.4, 0.5) is 10.1 Å². The van der Waals surface area contributed by atoms with Crippen LogP contribution >= 0.6 is 0 Å². The smallest absolute Gasteiger partial charge is 0.131 e. The summed E-state index contributed by atoms with van der Waals surface area (Å²) in [5.74, 6) is 0.488.